The topological polar surface area (TPSA) is 38.5 Å². The van der Waals surface area contributed by atoms with E-state index in [1.165, 1.54) is 25.9 Å². The third-order valence-corrected chi connectivity index (χ3v) is 3.31. The van der Waals surface area contributed by atoms with E-state index in [4.69, 9.17) is 10.5 Å². The first-order valence-electron chi connectivity index (χ1n) is 6.30. The number of rotatable bonds is 6. The number of piperidine rings is 1. The Kier molecular flexibility index (Phi) is 6.22. The lowest BCUT2D eigenvalue weighted by molar-refractivity contribution is 0.0509. The number of hydrogen-bond donors (Lipinski definition) is 1. The molecule has 0 bridgehead atoms. The van der Waals surface area contributed by atoms with Crippen molar-refractivity contribution in [1.29, 1.82) is 0 Å². The summed E-state index contributed by atoms with van der Waals surface area (Å²) in [6.07, 6.45) is 4.04. The van der Waals surface area contributed by atoms with Gasteiger partial charge in [-0.25, -0.2) is 0 Å². The number of nitrogens with zero attached hydrogens (tertiary/aromatic N) is 1. The van der Waals surface area contributed by atoms with Gasteiger partial charge in [0.15, 0.2) is 0 Å². The second kappa shape index (κ2) is 7.20. The van der Waals surface area contributed by atoms with Gasteiger partial charge in [-0.2, -0.15) is 0 Å². The molecule has 0 spiro atoms. The fourth-order valence-corrected chi connectivity index (χ4v) is 2.12. The van der Waals surface area contributed by atoms with E-state index < -0.39 is 0 Å². The van der Waals surface area contributed by atoms with Crippen LogP contribution >= 0.6 is 0 Å². The van der Waals surface area contributed by atoms with Gasteiger partial charge in [0, 0.05) is 19.7 Å². The summed E-state index contributed by atoms with van der Waals surface area (Å²) in [5.74, 6) is 0.915. The largest absolute Gasteiger partial charge is 0.377 e. The normalized spacial score (nSPS) is 21.8. The van der Waals surface area contributed by atoms with Crippen LogP contribution in [0.3, 0.4) is 0 Å². The first-order valence-corrected chi connectivity index (χ1v) is 6.30. The molecule has 15 heavy (non-hydrogen) atoms. The molecule has 0 aromatic carbocycles. The summed E-state index contributed by atoms with van der Waals surface area (Å²) in [4.78, 5) is 2.54. The second-order valence-electron chi connectivity index (χ2n) is 4.63. The molecule has 1 aliphatic rings. The highest BCUT2D eigenvalue weighted by molar-refractivity contribution is 4.71. The third kappa shape index (κ3) is 4.96. The van der Waals surface area contributed by atoms with Gasteiger partial charge in [0.1, 0.15) is 0 Å². The predicted octanol–water partition coefficient (Wildman–Crippen LogP) is 1.47. The maximum absolute atomic E-state index is 5.65. The van der Waals surface area contributed by atoms with Crippen molar-refractivity contribution in [2.24, 2.45) is 11.7 Å². The second-order valence-corrected chi connectivity index (χ2v) is 4.63. The Morgan fingerprint density at radius 3 is 2.60 bits per heavy atom. The first-order chi connectivity index (χ1) is 7.26. The van der Waals surface area contributed by atoms with E-state index in [9.17, 15) is 0 Å². The van der Waals surface area contributed by atoms with E-state index in [1.807, 2.05) is 6.92 Å². The van der Waals surface area contributed by atoms with Crippen LogP contribution in [0.2, 0.25) is 0 Å². The molecule has 0 amide bonds. The van der Waals surface area contributed by atoms with Crippen molar-refractivity contribution in [3.8, 4) is 0 Å². The van der Waals surface area contributed by atoms with Crippen molar-refractivity contribution in [3.63, 3.8) is 0 Å². The molecule has 1 aliphatic heterocycles. The van der Waals surface area contributed by atoms with Gasteiger partial charge in [0.25, 0.3) is 0 Å². The van der Waals surface area contributed by atoms with Crippen LogP contribution in [0.15, 0.2) is 0 Å². The van der Waals surface area contributed by atoms with Crippen LogP contribution in [0, 0.1) is 5.92 Å². The highest BCUT2D eigenvalue weighted by Crippen LogP contribution is 2.16. The van der Waals surface area contributed by atoms with Crippen LogP contribution < -0.4 is 5.73 Å². The molecule has 0 aliphatic carbocycles. The molecular formula is C12H26N2O. The maximum Gasteiger partial charge on any atom is 0.0709 e. The number of hydrogen-bond acceptors (Lipinski definition) is 3. The lowest BCUT2D eigenvalue weighted by Crippen LogP contribution is -2.36. The van der Waals surface area contributed by atoms with Gasteiger partial charge in [-0.3, -0.25) is 0 Å². The zero-order chi connectivity index (χ0) is 11.1. The van der Waals surface area contributed by atoms with Crippen LogP contribution in [0.1, 0.15) is 33.1 Å². The number of nitrogens with two attached hydrogens (primary N) is 1. The smallest absolute Gasteiger partial charge is 0.0709 e. The quantitative estimate of drug-likeness (QED) is 0.728. The summed E-state index contributed by atoms with van der Waals surface area (Å²) in [5.41, 5.74) is 5.65. The molecule has 1 unspecified atom stereocenters. The third-order valence-electron chi connectivity index (χ3n) is 3.31. The Morgan fingerprint density at radius 1 is 1.40 bits per heavy atom. The zero-order valence-electron chi connectivity index (χ0n) is 10.2. The molecule has 3 heteroatoms. The van der Waals surface area contributed by atoms with Gasteiger partial charge < -0.3 is 15.4 Å². The van der Waals surface area contributed by atoms with E-state index in [-0.39, 0.29) is 6.10 Å². The summed E-state index contributed by atoms with van der Waals surface area (Å²) in [6.45, 7) is 9.46. The summed E-state index contributed by atoms with van der Waals surface area (Å²) < 4.78 is 5.55. The summed E-state index contributed by atoms with van der Waals surface area (Å²) in [5, 5.41) is 0. The van der Waals surface area contributed by atoms with Gasteiger partial charge in [0.2, 0.25) is 0 Å². The lowest BCUT2D eigenvalue weighted by Gasteiger charge is -2.31. The van der Waals surface area contributed by atoms with Crippen molar-refractivity contribution in [2.75, 3.05) is 32.8 Å². The fraction of sp³-hybridized carbons (Fsp3) is 1.00. The summed E-state index contributed by atoms with van der Waals surface area (Å²) in [7, 11) is 0. The summed E-state index contributed by atoms with van der Waals surface area (Å²) in [6, 6.07) is 0. The molecule has 1 rings (SSSR count). The monoisotopic (exact) mass is 214 g/mol. The maximum atomic E-state index is 5.65. The summed E-state index contributed by atoms with van der Waals surface area (Å²) >= 11 is 0. The molecule has 0 saturated carbocycles. The SMILES string of the molecule is CCOC(CN)CCN1CCC(C)CC1. The lowest BCUT2D eigenvalue weighted by atomic mass is 9.99. The van der Waals surface area contributed by atoms with Gasteiger partial charge in [0.05, 0.1) is 6.10 Å². The molecule has 1 atom stereocenters. The van der Waals surface area contributed by atoms with E-state index in [0.717, 1.165) is 25.5 Å². The number of likely N-dealkylation sites (tertiary alicyclic amines) is 1. The van der Waals surface area contributed by atoms with Crippen molar-refractivity contribution < 1.29 is 4.74 Å². The average molecular weight is 214 g/mol. The van der Waals surface area contributed by atoms with Crippen molar-refractivity contribution in [1.82, 2.24) is 4.90 Å². The zero-order valence-corrected chi connectivity index (χ0v) is 10.2. The van der Waals surface area contributed by atoms with Crippen molar-refractivity contribution >= 4 is 0 Å². The molecular weight excluding hydrogens is 188 g/mol. The minimum atomic E-state index is 0.259. The van der Waals surface area contributed by atoms with Gasteiger partial charge in [-0.05, 0) is 45.2 Å². The van der Waals surface area contributed by atoms with E-state index in [1.54, 1.807) is 0 Å². The Morgan fingerprint density at radius 2 is 2.07 bits per heavy atom. The van der Waals surface area contributed by atoms with Crippen molar-refractivity contribution in [2.45, 2.75) is 39.2 Å². The standard InChI is InChI=1S/C12H26N2O/c1-3-15-12(10-13)6-9-14-7-4-11(2)5-8-14/h11-12H,3-10,13H2,1-2H3. The van der Waals surface area contributed by atoms with E-state index in [0.29, 0.717) is 6.54 Å². The Hall–Kier alpha value is -0.120. The van der Waals surface area contributed by atoms with Gasteiger partial charge in [-0.15, -0.1) is 0 Å². The molecule has 90 valence electrons. The Labute approximate surface area is 94.0 Å². The first kappa shape index (κ1) is 12.9. The van der Waals surface area contributed by atoms with Gasteiger partial charge >= 0.3 is 0 Å². The molecule has 0 radical (unpaired) electrons. The van der Waals surface area contributed by atoms with Crippen LogP contribution in [-0.4, -0.2) is 43.8 Å². The highest BCUT2D eigenvalue weighted by Gasteiger charge is 2.16. The average Bonchev–Trinajstić information content (AvgIpc) is 2.26. The molecule has 1 heterocycles. The minimum absolute atomic E-state index is 0.259. The molecule has 1 saturated heterocycles. The number of ether oxygens (including phenoxy) is 1. The van der Waals surface area contributed by atoms with Gasteiger partial charge in [-0.1, -0.05) is 6.92 Å². The van der Waals surface area contributed by atoms with Crippen molar-refractivity contribution in [3.05, 3.63) is 0 Å². The van der Waals surface area contributed by atoms with Crippen LogP contribution in [0.4, 0.5) is 0 Å². The molecule has 1 fully saturated rings. The van der Waals surface area contributed by atoms with Crippen LogP contribution in [-0.2, 0) is 4.74 Å². The Bertz CT molecular complexity index is 156. The van der Waals surface area contributed by atoms with Crippen LogP contribution in [0.25, 0.3) is 0 Å². The molecule has 0 aromatic heterocycles. The van der Waals surface area contributed by atoms with E-state index in [2.05, 4.69) is 11.8 Å². The molecule has 0 aromatic rings. The predicted molar refractivity (Wildman–Crippen MR) is 63.9 cm³/mol. The molecule has 3 nitrogen and oxygen atoms in total. The fourth-order valence-electron chi connectivity index (χ4n) is 2.12. The van der Waals surface area contributed by atoms with Crippen LogP contribution in [0.5, 0.6) is 0 Å². The highest BCUT2D eigenvalue weighted by atomic mass is 16.5. The molecule has 2 N–H and O–H groups in total. The van der Waals surface area contributed by atoms with E-state index >= 15 is 0 Å². The minimum Gasteiger partial charge on any atom is -0.377 e. The Balaban J connectivity index is 2.12.